The van der Waals surface area contributed by atoms with Crippen LogP contribution in [0.2, 0.25) is 0 Å². The fraction of sp³-hybridized carbons (Fsp3) is 0.891. The first-order valence-corrected chi connectivity index (χ1v) is 23.8. The lowest BCUT2D eigenvalue weighted by atomic mass is 9.99. The number of hydrogen-bond donors (Lipinski definition) is 6. The number of unbranched alkanes of at least 4 members (excludes halogenated alkanes) is 14. The maximum Gasteiger partial charge on any atom is 0.322 e. The molecule has 16 nitrogen and oxygen atoms in total. The number of carboxylic acid groups (broad SMARTS) is 1. The molecule has 0 bridgehead atoms. The second-order valence-corrected chi connectivity index (χ2v) is 16.9. The van der Waals surface area contributed by atoms with Crippen LogP contribution in [0, 0.1) is 0 Å². The van der Waals surface area contributed by atoms with Gasteiger partial charge in [0, 0.05) is 0 Å². The zero-order valence-corrected chi connectivity index (χ0v) is 38.3. The van der Waals surface area contributed by atoms with Crippen molar-refractivity contribution in [3.8, 4) is 0 Å². The van der Waals surface area contributed by atoms with Crippen molar-refractivity contribution in [1.82, 2.24) is 5.32 Å². The van der Waals surface area contributed by atoms with Crippen molar-refractivity contribution in [3.05, 3.63) is 0 Å². The molecular weight excluding hydrogens is 806 g/mol. The number of carboxylic acids is 1. The highest BCUT2D eigenvalue weighted by Gasteiger charge is 2.45. The van der Waals surface area contributed by atoms with Gasteiger partial charge in [-0.3, -0.25) is 24.0 Å². The number of carbonyl (C=O) groups excluding carboxylic acids is 4. The number of aliphatic carboxylic acids is 1. The van der Waals surface area contributed by atoms with E-state index < -0.39 is 98.1 Å². The largest absolute Gasteiger partial charge is 0.480 e. The Morgan fingerprint density at radius 1 is 0.516 bits per heavy atom. The molecule has 0 aromatic carbocycles. The van der Waals surface area contributed by atoms with Crippen LogP contribution in [0.3, 0.4) is 0 Å². The highest BCUT2D eigenvalue weighted by atomic mass is 16.7. The molecule has 0 aromatic rings. The van der Waals surface area contributed by atoms with E-state index in [0.717, 1.165) is 89.9 Å². The summed E-state index contributed by atoms with van der Waals surface area (Å²) in [7, 11) is 0. The molecule has 9 atom stereocenters. The summed E-state index contributed by atoms with van der Waals surface area (Å²) in [6.07, 6.45) is 6.44. The van der Waals surface area contributed by atoms with E-state index in [1.807, 2.05) is 6.92 Å². The van der Waals surface area contributed by atoms with Gasteiger partial charge in [-0.1, -0.05) is 124 Å². The summed E-state index contributed by atoms with van der Waals surface area (Å²) in [5.41, 5.74) is 0. The van der Waals surface area contributed by atoms with Crippen LogP contribution in [0.1, 0.15) is 195 Å². The Morgan fingerprint density at radius 2 is 0.887 bits per heavy atom. The van der Waals surface area contributed by atoms with Gasteiger partial charge in [0.05, 0.1) is 38.4 Å². The molecule has 0 aliphatic carbocycles. The second-order valence-electron chi connectivity index (χ2n) is 16.9. The average Bonchev–Trinajstić information content (AvgIpc) is 3.22. The number of nitrogens with one attached hydrogen (secondary N) is 1. The summed E-state index contributed by atoms with van der Waals surface area (Å²) in [4.78, 5) is 64.0. The lowest BCUT2D eigenvalue weighted by Gasteiger charge is -2.40. The van der Waals surface area contributed by atoms with E-state index in [1.54, 1.807) is 0 Å². The fourth-order valence-corrected chi connectivity index (χ4v) is 7.46. The summed E-state index contributed by atoms with van der Waals surface area (Å²) in [6, 6.07) is 0. The van der Waals surface area contributed by atoms with Gasteiger partial charge in [-0.05, 0) is 44.9 Å². The first-order valence-electron chi connectivity index (χ1n) is 23.8. The molecule has 16 heteroatoms. The van der Waals surface area contributed by atoms with Crippen LogP contribution in [-0.4, -0.2) is 124 Å². The standard InChI is InChI=1S/C46H83NO15/c1-5-9-13-16-20-24-34(28-40(52)58-33(23-19-12-8-4)27-38(49)47-31-39(50)51)59-41(53)29-35(25-21-17-14-10-6-2)60-42(54)30-36(26-22-18-15-11-7-3)61-46-45(57)44(56)43(55)37(32-48)62-46/h33-37,43-46,48,55-57H,5-32H2,1-4H3,(H,47,49)(H,50,51)/t33-,34-,35-,36-,37-,43-,44+,45-,46-/m1/s1. The Morgan fingerprint density at radius 3 is 1.31 bits per heavy atom. The van der Waals surface area contributed by atoms with Gasteiger partial charge in [0.25, 0.3) is 0 Å². The number of rotatable bonds is 38. The quantitative estimate of drug-likeness (QED) is 0.0225. The number of amides is 1. The third-order valence-electron chi connectivity index (χ3n) is 11.1. The molecule has 62 heavy (non-hydrogen) atoms. The fourth-order valence-electron chi connectivity index (χ4n) is 7.46. The Hall–Kier alpha value is -2.89. The number of carbonyl (C=O) groups is 5. The molecule has 1 heterocycles. The lowest BCUT2D eigenvalue weighted by molar-refractivity contribution is -0.312. The molecule has 0 unspecified atom stereocenters. The number of hydrogen-bond acceptors (Lipinski definition) is 14. The van der Waals surface area contributed by atoms with E-state index in [9.17, 15) is 44.4 Å². The Bertz CT molecular complexity index is 1220. The minimum Gasteiger partial charge on any atom is -0.480 e. The van der Waals surface area contributed by atoms with Crippen LogP contribution < -0.4 is 5.32 Å². The monoisotopic (exact) mass is 890 g/mol. The predicted molar refractivity (Wildman–Crippen MR) is 232 cm³/mol. The molecule has 1 aliphatic heterocycles. The van der Waals surface area contributed by atoms with E-state index in [1.165, 1.54) is 0 Å². The molecule has 1 saturated heterocycles. The Balaban J connectivity index is 3.15. The summed E-state index contributed by atoms with van der Waals surface area (Å²) in [5, 5.41) is 52.2. The van der Waals surface area contributed by atoms with Gasteiger partial charge in [0.2, 0.25) is 5.91 Å². The topological polar surface area (TPSA) is 245 Å². The molecule has 1 rings (SSSR count). The maximum atomic E-state index is 13.6. The second kappa shape index (κ2) is 35.5. The third kappa shape index (κ3) is 26.7. The van der Waals surface area contributed by atoms with Crippen LogP contribution >= 0.6 is 0 Å². The number of aliphatic hydroxyl groups is 4. The average molecular weight is 890 g/mol. The number of ether oxygens (including phenoxy) is 5. The summed E-state index contributed by atoms with van der Waals surface area (Å²) >= 11 is 0. The van der Waals surface area contributed by atoms with Gasteiger partial charge >= 0.3 is 23.9 Å². The van der Waals surface area contributed by atoms with Crippen molar-refractivity contribution in [2.24, 2.45) is 0 Å². The van der Waals surface area contributed by atoms with Gasteiger partial charge in [-0.15, -0.1) is 0 Å². The van der Waals surface area contributed by atoms with Crippen LogP contribution in [0.15, 0.2) is 0 Å². The van der Waals surface area contributed by atoms with Gasteiger partial charge in [-0.25, -0.2) is 0 Å². The van der Waals surface area contributed by atoms with Crippen molar-refractivity contribution < 1.29 is 73.2 Å². The highest BCUT2D eigenvalue weighted by Crippen LogP contribution is 2.26. The molecule has 362 valence electrons. The minimum absolute atomic E-state index is 0.192. The lowest BCUT2D eigenvalue weighted by Crippen LogP contribution is -2.59. The molecule has 0 spiro atoms. The smallest absolute Gasteiger partial charge is 0.322 e. The zero-order valence-electron chi connectivity index (χ0n) is 38.3. The molecule has 1 aliphatic rings. The summed E-state index contributed by atoms with van der Waals surface area (Å²) < 4.78 is 29.2. The minimum atomic E-state index is -1.64. The normalized spacial score (nSPS) is 20.7. The van der Waals surface area contributed by atoms with Crippen LogP contribution in [0.4, 0.5) is 0 Å². The number of aliphatic hydroxyl groups excluding tert-OH is 4. The SMILES string of the molecule is CCCCCCC[C@H](CC(=O)O[C@H](CCCCC)CC(=O)NCC(=O)O)OC(=O)C[C@@H](CCCCCCC)OC(=O)C[C@@H](CCCCCCC)O[C@@H]1O[C@H](CO)[C@@H](O)[C@H](O)[C@H]1O. The molecule has 0 saturated carbocycles. The third-order valence-corrected chi connectivity index (χ3v) is 11.1. The van der Waals surface area contributed by atoms with Crippen molar-refractivity contribution >= 4 is 29.8 Å². The summed E-state index contributed by atoms with van der Waals surface area (Å²) in [5.74, 6) is -3.65. The van der Waals surface area contributed by atoms with E-state index in [2.05, 4.69) is 26.1 Å². The molecule has 1 fully saturated rings. The van der Waals surface area contributed by atoms with Crippen molar-refractivity contribution in [2.45, 2.75) is 250 Å². The molecule has 0 aromatic heterocycles. The van der Waals surface area contributed by atoms with Crippen LogP contribution in [0.5, 0.6) is 0 Å². The van der Waals surface area contributed by atoms with Gasteiger partial charge in [-0.2, -0.15) is 0 Å². The van der Waals surface area contributed by atoms with Crippen molar-refractivity contribution in [1.29, 1.82) is 0 Å². The Kier molecular flexibility index (Phi) is 32.7. The first kappa shape index (κ1) is 57.1. The maximum absolute atomic E-state index is 13.6. The molecular formula is C46H83NO15. The van der Waals surface area contributed by atoms with Crippen molar-refractivity contribution in [3.63, 3.8) is 0 Å². The first-order chi connectivity index (χ1) is 29.8. The van der Waals surface area contributed by atoms with Crippen LogP contribution in [0.25, 0.3) is 0 Å². The van der Waals surface area contributed by atoms with Crippen LogP contribution in [-0.2, 0) is 47.7 Å². The van der Waals surface area contributed by atoms with E-state index in [-0.39, 0.29) is 25.7 Å². The number of esters is 3. The zero-order chi connectivity index (χ0) is 46.1. The van der Waals surface area contributed by atoms with E-state index >= 15 is 0 Å². The highest BCUT2D eigenvalue weighted by molar-refractivity contribution is 5.81. The predicted octanol–water partition coefficient (Wildman–Crippen LogP) is 6.33. The van der Waals surface area contributed by atoms with Gasteiger partial charge in [0.15, 0.2) is 6.29 Å². The van der Waals surface area contributed by atoms with Gasteiger partial charge in [0.1, 0.15) is 49.3 Å². The molecule has 6 N–H and O–H groups in total. The summed E-state index contributed by atoms with van der Waals surface area (Å²) in [6.45, 7) is 7.16. The molecule has 1 amide bonds. The van der Waals surface area contributed by atoms with Crippen molar-refractivity contribution in [2.75, 3.05) is 13.2 Å². The Labute approximate surface area is 370 Å². The molecule has 0 radical (unpaired) electrons. The van der Waals surface area contributed by atoms with E-state index in [0.29, 0.717) is 51.4 Å². The van der Waals surface area contributed by atoms with Gasteiger partial charge < -0.3 is 54.5 Å². The van der Waals surface area contributed by atoms with E-state index in [4.69, 9.17) is 28.8 Å².